The first-order valence-electron chi connectivity index (χ1n) is 24.1. The number of allylic oxidation sites excluding steroid dienone is 8. The highest BCUT2D eigenvalue weighted by Gasteiger charge is 2.29. The van der Waals surface area contributed by atoms with Crippen molar-refractivity contribution in [1.29, 1.82) is 0 Å². The van der Waals surface area contributed by atoms with Crippen molar-refractivity contribution in [3.05, 3.63) is 48.6 Å². The van der Waals surface area contributed by atoms with E-state index in [9.17, 15) is 24.5 Å². The van der Waals surface area contributed by atoms with Gasteiger partial charge in [-0.1, -0.05) is 159 Å². The molecule has 9 nitrogen and oxygen atoms in total. The van der Waals surface area contributed by atoms with Crippen LogP contribution < -0.4 is 10.2 Å². The Bertz CT molecular complexity index is 1120. The van der Waals surface area contributed by atoms with E-state index in [0.29, 0.717) is 30.3 Å². The van der Waals surface area contributed by atoms with Crippen molar-refractivity contribution < 1.29 is 38.0 Å². The van der Waals surface area contributed by atoms with Gasteiger partial charge in [0.2, 0.25) is 5.91 Å². The highest BCUT2D eigenvalue weighted by atomic mass is 31.2. The molecule has 0 rings (SSSR count). The molecule has 0 saturated heterocycles. The predicted octanol–water partition coefficient (Wildman–Crippen LogP) is 12.0. The first-order valence-corrected chi connectivity index (χ1v) is 25.5. The zero-order valence-electron chi connectivity index (χ0n) is 38.8. The summed E-state index contributed by atoms with van der Waals surface area (Å²) in [6.45, 7) is 4.36. The number of unbranched alkanes of at least 4 members (excludes halogenated alkanes) is 21. The van der Waals surface area contributed by atoms with Gasteiger partial charge in [-0.2, -0.15) is 0 Å². The molecule has 0 aromatic rings. The number of amides is 1. The summed E-state index contributed by atoms with van der Waals surface area (Å²) >= 11 is 0. The van der Waals surface area contributed by atoms with Crippen molar-refractivity contribution in [1.82, 2.24) is 5.32 Å². The fourth-order valence-corrected chi connectivity index (χ4v) is 7.43. The predicted molar refractivity (Wildman–Crippen MR) is 248 cm³/mol. The minimum atomic E-state index is -4.68. The third kappa shape index (κ3) is 41.5. The Labute approximate surface area is 363 Å². The molecule has 0 heterocycles. The van der Waals surface area contributed by atoms with E-state index in [1.807, 2.05) is 21.1 Å². The molecule has 0 bridgehead atoms. The van der Waals surface area contributed by atoms with Crippen LogP contribution in [0, 0.1) is 0 Å². The van der Waals surface area contributed by atoms with Crippen LogP contribution in [0.3, 0.4) is 0 Å². The monoisotopic (exact) mass is 853 g/mol. The lowest BCUT2D eigenvalue weighted by Crippen LogP contribution is -2.51. The van der Waals surface area contributed by atoms with Gasteiger partial charge in [-0.3, -0.25) is 9.36 Å². The largest absolute Gasteiger partial charge is 0.756 e. The van der Waals surface area contributed by atoms with E-state index >= 15 is 0 Å². The molecule has 3 N–H and O–H groups in total. The van der Waals surface area contributed by atoms with Crippen LogP contribution in [0.15, 0.2) is 48.6 Å². The summed E-state index contributed by atoms with van der Waals surface area (Å²) in [5, 5.41) is 24.6. The molecule has 1 amide bonds. The number of hydrogen-bond donors (Lipinski definition) is 3. The Morgan fingerprint density at radius 3 is 1.56 bits per heavy atom. The highest BCUT2D eigenvalue weighted by molar-refractivity contribution is 7.45. The van der Waals surface area contributed by atoms with Gasteiger partial charge in [0.05, 0.1) is 39.9 Å². The van der Waals surface area contributed by atoms with Crippen LogP contribution in [-0.2, 0) is 18.4 Å². The molecule has 0 aromatic heterocycles. The number of likely N-dealkylation sites (N-methyl/N-ethyl adjacent to an activating group) is 1. The Kier molecular flexibility index (Phi) is 39.4. The third-order valence-corrected chi connectivity index (χ3v) is 11.6. The standard InChI is InChI=1S/C49H93N2O7P/c1-6-8-10-12-14-16-18-20-21-22-23-24-25-26-27-28-29-30-32-34-36-38-40-42-48(53)50-46(45-58-59(55,56)57-44-43-51(3,4)5)49(54)47(52)41-39-37-35-33-31-19-17-15-13-11-9-7-2/h15,17-18,20,22-23,33,35,46-47,49,52,54H,6-14,16,19,21,24-32,34,36-45H2,1-5H3,(H-,50,53,55,56)/b17-15+,20-18-,23-22-,35-33+. The number of rotatable bonds is 43. The number of nitrogens with zero attached hydrogens (tertiary/aromatic N) is 1. The molecule has 4 unspecified atom stereocenters. The zero-order chi connectivity index (χ0) is 43.7. The smallest absolute Gasteiger partial charge is 0.268 e. The van der Waals surface area contributed by atoms with Crippen molar-refractivity contribution in [2.75, 3.05) is 40.9 Å². The van der Waals surface area contributed by atoms with Crippen LogP contribution >= 0.6 is 7.82 Å². The number of quaternary nitrogens is 1. The van der Waals surface area contributed by atoms with E-state index in [4.69, 9.17) is 9.05 Å². The average Bonchev–Trinajstić information content (AvgIpc) is 3.19. The lowest BCUT2D eigenvalue weighted by Gasteiger charge is -2.31. The van der Waals surface area contributed by atoms with Gasteiger partial charge in [0.25, 0.3) is 7.82 Å². The number of nitrogens with one attached hydrogen (secondary N) is 1. The van der Waals surface area contributed by atoms with E-state index in [2.05, 4.69) is 67.8 Å². The number of hydrogen-bond acceptors (Lipinski definition) is 7. The number of phosphoric ester groups is 1. The normalized spacial score (nSPS) is 15.2. The van der Waals surface area contributed by atoms with E-state index in [0.717, 1.165) is 51.4 Å². The molecule has 0 spiro atoms. The average molecular weight is 853 g/mol. The van der Waals surface area contributed by atoms with Gasteiger partial charge >= 0.3 is 0 Å². The van der Waals surface area contributed by atoms with Gasteiger partial charge in [0, 0.05) is 6.42 Å². The Morgan fingerprint density at radius 1 is 0.610 bits per heavy atom. The molecule has 0 fully saturated rings. The number of aliphatic hydroxyl groups is 2. The summed E-state index contributed by atoms with van der Waals surface area (Å²) < 4.78 is 23.1. The molecule has 10 heteroatoms. The summed E-state index contributed by atoms with van der Waals surface area (Å²) in [4.78, 5) is 25.4. The van der Waals surface area contributed by atoms with Gasteiger partial charge in [-0.05, 0) is 83.5 Å². The van der Waals surface area contributed by atoms with Crippen molar-refractivity contribution in [2.45, 2.75) is 218 Å². The highest BCUT2D eigenvalue weighted by Crippen LogP contribution is 2.38. The fourth-order valence-electron chi connectivity index (χ4n) is 6.71. The van der Waals surface area contributed by atoms with Crippen molar-refractivity contribution >= 4 is 13.7 Å². The summed E-state index contributed by atoms with van der Waals surface area (Å²) in [6.07, 6.45) is 47.3. The van der Waals surface area contributed by atoms with Gasteiger partial charge in [0.1, 0.15) is 19.3 Å². The van der Waals surface area contributed by atoms with Crippen LogP contribution in [0.1, 0.15) is 200 Å². The molecule has 0 aliphatic rings. The Balaban J connectivity index is 4.39. The Morgan fingerprint density at radius 2 is 1.03 bits per heavy atom. The number of phosphoric acid groups is 1. The molecule has 0 aromatic carbocycles. The maximum atomic E-state index is 12.9. The quantitative estimate of drug-likeness (QED) is 0.0241. The van der Waals surface area contributed by atoms with Gasteiger partial charge in [0.15, 0.2) is 0 Å². The van der Waals surface area contributed by atoms with Crippen molar-refractivity contribution in [3.8, 4) is 0 Å². The third-order valence-electron chi connectivity index (χ3n) is 10.6. The molecule has 4 atom stereocenters. The maximum absolute atomic E-state index is 12.9. The number of carbonyl (C=O) groups is 1. The first-order chi connectivity index (χ1) is 28.4. The fraction of sp³-hybridized carbons (Fsp3) is 0.816. The van der Waals surface area contributed by atoms with Crippen LogP contribution in [-0.4, -0.2) is 79.8 Å². The maximum Gasteiger partial charge on any atom is 0.268 e. The van der Waals surface area contributed by atoms with E-state index < -0.39 is 32.7 Å². The first kappa shape index (κ1) is 57.4. The summed E-state index contributed by atoms with van der Waals surface area (Å²) in [5.74, 6) is -0.297. The van der Waals surface area contributed by atoms with Crippen LogP contribution in [0.25, 0.3) is 0 Å². The summed E-state index contributed by atoms with van der Waals surface area (Å²) in [7, 11) is 1.09. The molecule has 0 aliphatic heterocycles. The van der Waals surface area contributed by atoms with E-state index in [-0.39, 0.29) is 18.9 Å². The minimum absolute atomic E-state index is 0.0504. The van der Waals surface area contributed by atoms with Gasteiger partial charge in [-0.25, -0.2) is 0 Å². The second-order valence-electron chi connectivity index (χ2n) is 17.6. The summed E-state index contributed by atoms with van der Waals surface area (Å²) in [6, 6.07) is -1.10. The van der Waals surface area contributed by atoms with Crippen LogP contribution in [0.5, 0.6) is 0 Å². The molecule has 346 valence electrons. The lowest BCUT2D eigenvalue weighted by atomic mass is 10.0. The Hall–Kier alpha value is -1.58. The molecular formula is C49H93N2O7P. The molecule has 0 saturated carbocycles. The van der Waals surface area contributed by atoms with Gasteiger partial charge < -0.3 is 34.0 Å². The minimum Gasteiger partial charge on any atom is -0.756 e. The second kappa shape index (κ2) is 40.5. The van der Waals surface area contributed by atoms with Crippen molar-refractivity contribution in [2.24, 2.45) is 0 Å². The molecular weight excluding hydrogens is 760 g/mol. The van der Waals surface area contributed by atoms with E-state index in [1.165, 1.54) is 109 Å². The van der Waals surface area contributed by atoms with Gasteiger partial charge in [-0.15, -0.1) is 0 Å². The van der Waals surface area contributed by atoms with Crippen LogP contribution in [0.2, 0.25) is 0 Å². The SMILES string of the molecule is CCCCC/C=C/CC/C=C/CCCC(O)C(O)C(COP(=O)([O-])OCC[N+](C)(C)C)NC(=O)CCCCCCCCCCCCC/C=C\C/C=C\CCCCCCC. The lowest BCUT2D eigenvalue weighted by molar-refractivity contribution is -0.870. The number of aliphatic hydroxyl groups excluding tert-OH is 2. The van der Waals surface area contributed by atoms with E-state index in [1.54, 1.807) is 0 Å². The second-order valence-corrected chi connectivity index (χ2v) is 19.0. The molecule has 59 heavy (non-hydrogen) atoms. The zero-order valence-corrected chi connectivity index (χ0v) is 39.7. The molecule has 0 aliphatic carbocycles. The summed E-state index contributed by atoms with van der Waals surface area (Å²) in [5.41, 5.74) is 0. The van der Waals surface area contributed by atoms with Crippen molar-refractivity contribution in [3.63, 3.8) is 0 Å². The number of carbonyl (C=O) groups excluding carboxylic acids is 1. The molecule has 0 radical (unpaired) electrons. The van der Waals surface area contributed by atoms with Crippen LogP contribution in [0.4, 0.5) is 0 Å². The topological polar surface area (TPSA) is 128 Å².